The van der Waals surface area contributed by atoms with Crippen LogP contribution < -0.4 is 0 Å². The van der Waals surface area contributed by atoms with Gasteiger partial charge in [-0.15, -0.1) is 10.3 Å². The Morgan fingerprint density at radius 3 is 1.52 bits per heavy atom. The van der Waals surface area contributed by atoms with Crippen LogP contribution in [0, 0.1) is 0 Å². The van der Waals surface area contributed by atoms with Crippen molar-refractivity contribution < 1.29 is 51.6 Å². The van der Waals surface area contributed by atoms with Crippen LogP contribution in [0.1, 0.15) is 40.0 Å². The molecule has 0 bridgehead atoms. The zero-order valence-corrected chi connectivity index (χ0v) is 16.3. The van der Waals surface area contributed by atoms with Crippen molar-refractivity contribution >= 4 is 20.4 Å². The van der Waals surface area contributed by atoms with Gasteiger partial charge in [-0.3, -0.25) is 0 Å². The van der Waals surface area contributed by atoms with E-state index in [0.29, 0.717) is 12.8 Å². The minimum Gasteiger partial charge on any atom is -0.215 e. The first kappa shape index (κ1) is 26.6. The van der Waals surface area contributed by atoms with E-state index < -0.39 is 43.7 Å². The van der Waals surface area contributed by atoms with Crippen LogP contribution in [0.15, 0.2) is 0 Å². The van der Waals surface area contributed by atoms with E-state index in [1.165, 1.54) is 13.8 Å². The monoisotopic (exact) mass is 460 g/mol. The first-order chi connectivity index (χ1) is 11.9. The number of alkyl halides is 9. The molecule has 0 unspecified atom stereocenters. The molecule has 14 heteroatoms. The summed E-state index contributed by atoms with van der Waals surface area (Å²) in [5.41, 5.74) is 0. The van der Waals surface area contributed by atoms with Gasteiger partial charge in [-0.05, 0) is 17.9 Å². The number of unbranched alkanes of at least 4 members (excludes halogenated alkanes) is 2. The molecule has 0 N–H and O–H groups in total. The maximum absolute atomic E-state index is 13.8. The Balaban J connectivity index is 6.02. The highest BCUT2D eigenvalue weighted by Crippen LogP contribution is 2.58. The third-order valence-corrected chi connectivity index (χ3v) is 9.73. The second-order valence-electron chi connectivity index (χ2n) is 5.64. The van der Waals surface area contributed by atoms with Crippen LogP contribution in [0.4, 0.5) is 39.5 Å². The maximum atomic E-state index is 13.8. The zero-order chi connectivity index (χ0) is 21.9. The maximum Gasteiger partial charge on any atom is 0.460 e. The molecule has 0 spiro atoms. The zero-order valence-electron chi connectivity index (χ0n) is 14.7. The molecule has 166 valence electrons. The third kappa shape index (κ3) is 4.98. The van der Waals surface area contributed by atoms with Crippen molar-refractivity contribution in [3.63, 3.8) is 0 Å². The predicted octanol–water partition coefficient (Wildman–Crippen LogP) is 5.71. The molecule has 0 aromatic carbocycles. The van der Waals surface area contributed by atoms with Gasteiger partial charge in [-0.2, -0.15) is 47.9 Å². The summed E-state index contributed by atoms with van der Waals surface area (Å²) in [7, 11) is -9.76. The van der Waals surface area contributed by atoms with Crippen molar-refractivity contribution in [2.24, 2.45) is 0 Å². The number of hydrogen-bond donors (Lipinski definition) is 0. The molecule has 0 aliphatic rings. The third-order valence-electron chi connectivity index (χ3n) is 3.84. The molecular weight excluding hydrogens is 439 g/mol. The van der Waals surface area contributed by atoms with Gasteiger partial charge in [0.25, 0.3) is 0 Å². The van der Waals surface area contributed by atoms with E-state index in [0.717, 1.165) is 0 Å². The fraction of sp³-hybridized carbons (Fsp3) is 1.00. The molecule has 27 heavy (non-hydrogen) atoms. The predicted molar refractivity (Wildman–Crippen MR) is 84.0 cm³/mol. The molecule has 0 heterocycles. The molecular formula is C13H21F9O3S2. The fourth-order valence-corrected chi connectivity index (χ4v) is 7.05. The molecule has 0 aromatic heterocycles. The molecule has 0 amide bonds. The molecule has 3 nitrogen and oxygen atoms in total. The second-order valence-corrected chi connectivity index (χ2v) is 11.1. The summed E-state index contributed by atoms with van der Waals surface area (Å²) < 4.78 is 144. The van der Waals surface area contributed by atoms with E-state index in [1.807, 2.05) is 0 Å². The summed E-state index contributed by atoms with van der Waals surface area (Å²) in [6, 6.07) is 0. The average molecular weight is 460 g/mol. The summed E-state index contributed by atoms with van der Waals surface area (Å²) >= 11 is 0. The van der Waals surface area contributed by atoms with Crippen molar-refractivity contribution in [1.29, 1.82) is 0 Å². The van der Waals surface area contributed by atoms with E-state index >= 15 is 0 Å². The summed E-state index contributed by atoms with van der Waals surface area (Å²) in [4.78, 5) is 0. The number of rotatable bonds is 11. The van der Waals surface area contributed by atoms with Crippen LogP contribution in [0.25, 0.3) is 0 Å². The lowest BCUT2D eigenvalue weighted by Gasteiger charge is -2.39. The van der Waals surface area contributed by atoms with Crippen LogP contribution >= 0.6 is 10.3 Å². The summed E-state index contributed by atoms with van der Waals surface area (Å²) in [6.45, 7) is 4.40. The molecule has 0 aliphatic carbocycles. The highest BCUT2D eigenvalue weighted by Gasteiger charge is 2.86. The van der Waals surface area contributed by atoms with Crippen LogP contribution in [-0.2, 0) is 13.7 Å². The smallest absolute Gasteiger partial charge is 0.215 e. The van der Waals surface area contributed by atoms with Gasteiger partial charge in [0.2, 0.25) is 0 Å². The standard InChI is InChI=1S/C13H21F9O3S2/c1-4-7-8-9-26(5-2,6-3)25-27(23,24)13(21,22)11(16,17)10(14,15)12(18,19)20/h4-9H2,1-3H3. The highest BCUT2D eigenvalue weighted by molar-refractivity contribution is 8.33. The summed E-state index contributed by atoms with van der Waals surface area (Å²) in [6.07, 6.45) is -5.65. The van der Waals surface area contributed by atoms with E-state index in [2.05, 4.69) is 3.63 Å². The Hall–Kier alpha value is -0.370. The molecule has 0 aromatic rings. The average Bonchev–Trinajstić information content (AvgIpc) is 2.52. The minimum absolute atomic E-state index is 0.107. The van der Waals surface area contributed by atoms with Crippen molar-refractivity contribution in [3.05, 3.63) is 0 Å². The van der Waals surface area contributed by atoms with Crippen LogP contribution in [0.5, 0.6) is 0 Å². The van der Waals surface area contributed by atoms with Crippen molar-refractivity contribution in [3.8, 4) is 0 Å². The SMILES string of the molecule is CCCCCS(CC)(CC)OS(=O)(=O)C(F)(F)C(F)(F)C(F)(F)C(F)(F)F. The Kier molecular flexibility index (Phi) is 8.44. The van der Waals surface area contributed by atoms with Gasteiger partial charge in [-0.1, -0.05) is 33.6 Å². The van der Waals surface area contributed by atoms with Gasteiger partial charge in [-0.25, -0.2) is 3.63 Å². The minimum atomic E-state index is -7.29. The normalized spacial score (nSPS) is 15.9. The largest absolute Gasteiger partial charge is 0.460 e. The molecule has 0 atom stereocenters. The Labute approximate surface area is 153 Å². The molecule has 0 rings (SSSR count). The van der Waals surface area contributed by atoms with Crippen LogP contribution in [0.3, 0.4) is 0 Å². The molecule has 0 fully saturated rings. The lowest BCUT2D eigenvalue weighted by molar-refractivity contribution is -0.382. The highest BCUT2D eigenvalue weighted by atomic mass is 32.3. The Morgan fingerprint density at radius 2 is 1.19 bits per heavy atom. The summed E-state index contributed by atoms with van der Waals surface area (Å²) in [5.74, 6) is -15.1. The topological polar surface area (TPSA) is 43.4 Å². The molecule has 0 aliphatic heterocycles. The summed E-state index contributed by atoms with van der Waals surface area (Å²) in [5, 5.41) is -6.80. The van der Waals surface area contributed by atoms with Crippen molar-refractivity contribution in [2.45, 2.75) is 63.3 Å². The Bertz CT molecular complexity index is 584. The van der Waals surface area contributed by atoms with Crippen LogP contribution in [-0.4, -0.2) is 49.0 Å². The van der Waals surface area contributed by atoms with E-state index in [1.54, 1.807) is 6.92 Å². The molecule has 0 saturated heterocycles. The van der Waals surface area contributed by atoms with Gasteiger partial charge in [0.05, 0.1) is 0 Å². The van der Waals surface area contributed by atoms with Gasteiger partial charge in [0.15, 0.2) is 0 Å². The molecule has 0 radical (unpaired) electrons. The number of hydrogen-bond acceptors (Lipinski definition) is 3. The lowest BCUT2D eigenvalue weighted by Crippen LogP contribution is -2.63. The number of halogens is 9. The van der Waals surface area contributed by atoms with E-state index in [-0.39, 0.29) is 23.7 Å². The van der Waals surface area contributed by atoms with Crippen molar-refractivity contribution in [2.75, 3.05) is 17.3 Å². The Morgan fingerprint density at radius 1 is 0.741 bits per heavy atom. The molecule has 0 saturated carbocycles. The first-order valence-electron chi connectivity index (χ1n) is 7.81. The van der Waals surface area contributed by atoms with Crippen LogP contribution in [0.2, 0.25) is 0 Å². The van der Waals surface area contributed by atoms with Gasteiger partial charge in [0.1, 0.15) is 0 Å². The van der Waals surface area contributed by atoms with Gasteiger partial charge >= 0.3 is 33.4 Å². The first-order valence-corrected chi connectivity index (χ1v) is 11.3. The van der Waals surface area contributed by atoms with Gasteiger partial charge in [0, 0.05) is 5.75 Å². The van der Waals surface area contributed by atoms with E-state index in [4.69, 9.17) is 0 Å². The quantitative estimate of drug-likeness (QED) is 0.293. The van der Waals surface area contributed by atoms with Crippen molar-refractivity contribution in [1.82, 2.24) is 0 Å². The fourth-order valence-electron chi connectivity index (χ4n) is 1.99. The lowest BCUT2D eigenvalue weighted by atomic mass is 10.1. The van der Waals surface area contributed by atoms with Gasteiger partial charge < -0.3 is 0 Å². The second kappa shape index (κ2) is 8.56. The van der Waals surface area contributed by atoms with E-state index in [9.17, 15) is 47.9 Å².